The summed E-state index contributed by atoms with van der Waals surface area (Å²) in [5.41, 5.74) is 3.24. The monoisotopic (exact) mass is 175 g/mol. The Morgan fingerprint density at radius 2 is 2.23 bits per heavy atom. The molecular formula is C10H13N3. The van der Waals surface area contributed by atoms with Crippen molar-refractivity contribution in [1.29, 1.82) is 0 Å². The second-order valence-electron chi connectivity index (χ2n) is 3.21. The Kier molecular flexibility index (Phi) is 2.00. The summed E-state index contributed by atoms with van der Waals surface area (Å²) >= 11 is 0. The number of hydrogen-bond acceptors (Lipinski definition) is 2. The Hall–Kier alpha value is -1.38. The number of rotatable bonds is 2. The molecule has 2 aromatic rings. The standard InChI is InChI=1S/C10H13N3/c1-3-4-9-7-12-10-8(2)11-5-6-13(9)10/h5-7H,3-4H2,1-2H3. The van der Waals surface area contributed by atoms with Crippen LogP contribution in [0.3, 0.4) is 0 Å². The van der Waals surface area contributed by atoms with Gasteiger partial charge in [0.2, 0.25) is 0 Å². The Balaban J connectivity index is 2.61. The molecule has 68 valence electrons. The summed E-state index contributed by atoms with van der Waals surface area (Å²) in [6.45, 7) is 4.16. The zero-order valence-corrected chi connectivity index (χ0v) is 7.99. The van der Waals surface area contributed by atoms with Gasteiger partial charge in [-0.1, -0.05) is 13.3 Å². The van der Waals surface area contributed by atoms with E-state index in [1.807, 2.05) is 25.5 Å². The van der Waals surface area contributed by atoms with Gasteiger partial charge in [-0.05, 0) is 13.3 Å². The summed E-state index contributed by atoms with van der Waals surface area (Å²) < 4.78 is 2.12. The molecule has 0 fully saturated rings. The van der Waals surface area contributed by atoms with E-state index in [9.17, 15) is 0 Å². The smallest absolute Gasteiger partial charge is 0.158 e. The van der Waals surface area contributed by atoms with Gasteiger partial charge in [0.15, 0.2) is 5.65 Å². The molecule has 0 aliphatic heterocycles. The molecule has 0 spiro atoms. The van der Waals surface area contributed by atoms with Crippen LogP contribution in [0.5, 0.6) is 0 Å². The number of nitrogens with zero attached hydrogens (tertiary/aromatic N) is 3. The highest BCUT2D eigenvalue weighted by Gasteiger charge is 2.03. The number of hydrogen-bond donors (Lipinski definition) is 0. The zero-order chi connectivity index (χ0) is 9.26. The second-order valence-corrected chi connectivity index (χ2v) is 3.21. The maximum atomic E-state index is 4.34. The van der Waals surface area contributed by atoms with E-state index in [0.29, 0.717) is 0 Å². The maximum Gasteiger partial charge on any atom is 0.158 e. The van der Waals surface area contributed by atoms with Crippen molar-refractivity contribution in [2.75, 3.05) is 0 Å². The lowest BCUT2D eigenvalue weighted by atomic mass is 10.3. The molecule has 2 rings (SSSR count). The van der Waals surface area contributed by atoms with Crippen molar-refractivity contribution in [2.24, 2.45) is 0 Å². The molecular weight excluding hydrogens is 162 g/mol. The number of aromatic nitrogens is 3. The fourth-order valence-electron chi connectivity index (χ4n) is 1.54. The average molecular weight is 175 g/mol. The summed E-state index contributed by atoms with van der Waals surface area (Å²) in [4.78, 5) is 8.53. The van der Waals surface area contributed by atoms with Gasteiger partial charge in [0.1, 0.15) is 0 Å². The Morgan fingerprint density at radius 1 is 1.38 bits per heavy atom. The van der Waals surface area contributed by atoms with Crippen LogP contribution in [-0.2, 0) is 6.42 Å². The Morgan fingerprint density at radius 3 is 3.00 bits per heavy atom. The van der Waals surface area contributed by atoms with Gasteiger partial charge in [-0.2, -0.15) is 0 Å². The third-order valence-electron chi connectivity index (χ3n) is 2.19. The van der Waals surface area contributed by atoms with Crippen LogP contribution in [-0.4, -0.2) is 14.4 Å². The van der Waals surface area contributed by atoms with Crippen LogP contribution in [0.25, 0.3) is 5.65 Å². The lowest BCUT2D eigenvalue weighted by Crippen LogP contribution is -1.94. The van der Waals surface area contributed by atoms with Crippen molar-refractivity contribution in [1.82, 2.24) is 14.4 Å². The summed E-state index contributed by atoms with van der Waals surface area (Å²) in [5.74, 6) is 0. The summed E-state index contributed by atoms with van der Waals surface area (Å²) in [7, 11) is 0. The average Bonchev–Trinajstić information content (AvgIpc) is 2.51. The van der Waals surface area contributed by atoms with Crippen LogP contribution in [0.1, 0.15) is 24.7 Å². The topological polar surface area (TPSA) is 30.2 Å². The van der Waals surface area contributed by atoms with E-state index in [0.717, 1.165) is 24.2 Å². The minimum Gasteiger partial charge on any atom is -0.301 e. The predicted molar refractivity (Wildman–Crippen MR) is 51.7 cm³/mol. The van der Waals surface area contributed by atoms with Crippen molar-refractivity contribution in [3.05, 3.63) is 30.0 Å². The van der Waals surface area contributed by atoms with Gasteiger partial charge >= 0.3 is 0 Å². The van der Waals surface area contributed by atoms with Gasteiger partial charge in [0.25, 0.3) is 0 Å². The van der Waals surface area contributed by atoms with E-state index in [2.05, 4.69) is 21.3 Å². The molecule has 0 aromatic carbocycles. The van der Waals surface area contributed by atoms with E-state index in [-0.39, 0.29) is 0 Å². The van der Waals surface area contributed by atoms with Gasteiger partial charge in [-0.3, -0.25) is 4.98 Å². The van der Waals surface area contributed by atoms with Crippen molar-refractivity contribution in [3.8, 4) is 0 Å². The fourth-order valence-corrected chi connectivity index (χ4v) is 1.54. The van der Waals surface area contributed by atoms with Crippen molar-refractivity contribution >= 4 is 5.65 Å². The Labute approximate surface area is 77.4 Å². The van der Waals surface area contributed by atoms with E-state index < -0.39 is 0 Å². The fraction of sp³-hybridized carbons (Fsp3) is 0.400. The first kappa shape index (κ1) is 8.23. The van der Waals surface area contributed by atoms with Crippen LogP contribution in [0.2, 0.25) is 0 Å². The molecule has 0 bridgehead atoms. The molecule has 0 aliphatic carbocycles. The van der Waals surface area contributed by atoms with Crippen LogP contribution < -0.4 is 0 Å². The van der Waals surface area contributed by atoms with Gasteiger partial charge in [-0.15, -0.1) is 0 Å². The highest BCUT2D eigenvalue weighted by atomic mass is 15.0. The van der Waals surface area contributed by atoms with Crippen LogP contribution >= 0.6 is 0 Å². The molecule has 0 saturated carbocycles. The lowest BCUT2D eigenvalue weighted by molar-refractivity contribution is 0.863. The van der Waals surface area contributed by atoms with Gasteiger partial charge < -0.3 is 4.40 Å². The molecule has 0 radical (unpaired) electrons. The van der Waals surface area contributed by atoms with Crippen LogP contribution in [0.15, 0.2) is 18.6 Å². The summed E-state index contributed by atoms with van der Waals surface area (Å²) in [6, 6.07) is 0. The first-order valence-electron chi connectivity index (χ1n) is 4.60. The van der Waals surface area contributed by atoms with E-state index in [4.69, 9.17) is 0 Å². The molecule has 0 aliphatic rings. The number of imidazole rings is 1. The van der Waals surface area contributed by atoms with Crippen LogP contribution in [0, 0.1) is 6.92 Å². The SMILES string of the molecule is CCCc1cnc2c(C)nccn12. The zero-order valence-electron chi connectivity index (χ0n) is 7.99. The van der Waals surface area contributed by atoms with Gasteiger partial charge in [0, 0.05) is 24.3 Å². The van der Waals surface area contributed by atoms with E-state index >= 15 is 0 Å². The van der Waals surface area contributed by atoms with Gasteiger partial charge in [-0.25, -0.2) is 4.98 Å². The molecule has 0 atom stereocenters. The second kappa shape index (κ2) is 3.17. The molecule has 0 amide bonds. The highest BCUT2D eigenvalue weighted by molar-refractivity contribution is 5.44. The van der Waals surface area contributed by atoms with Gasteiger partial charge in [0.05, 0.1) is 5.69 Å². The number of fused-ring (bicyclic) bond motifs is 1. The predicted octanol–water partition coefficient (Wildman–Crippen LogP) is 1.99. The normalized spacial score (nSPS) is 10.9. The molecule has 13 heavy (non-hydrogen) atoms. The first-order chi connectivity index (χ1) is 6.33. The minimum absolute atomic E-state index is 0.978. The van der Waals surface area contributed by atoms with Crippen LogP contribution in [0.4, 0.5) is 0 Å². The molecule has 0 N–H and O–H groups in total. The maximum absolute atomic E-state index is 4.34. The largest absolute Gasteiger partial charge is 0.301 e. The van der Waals surface area contributed by atoms with E-state index in [1.54, 1.807) is 0 Å². The van der Waals surface area contributed by atoms with Crippen molar-refractivity contribution < 1.29 is 0 Å². The summed E-state index contributed by atoms with van der Waals surface area (Å²) in [5, 5.41) is 0. The first-order valence-corrected chi connectivity index (χ1v) is 4.60. The van der Waals surface area contributed by atoms with E-state index in [1.165, 1.54) is 5.69 Å². The molecule has 2 aromatic heterocycles. The molecule has 3 heteroatoms. The molecule has 3 nitrogen and oxygen atoms in total. The third kappa shape index (κ3) is 1.30. The minimum atomic E-state index is 0.978. The summed E-state index contributed by atoms with van der Waals surface area (Å²) in [6.07, 6.45) is 7.96. The number of aryl methyl sites for hydroxylation is 2. The quantitative estimate of drug-likeness (QED) is 0.698. The highest BCUT2D eigenvalue weighted by Crippen LogP contribution is 2.09. The molecule has 2 heterocycles. The van der Waals surface area contributed by atoms with Crippen molar-refractivity contribution in [2.45, 2.75) is 26.7 Å². The molecule has 0 saturated heterocycles. The Bertz CT molecular complexity index is 417. The third-order valence-corrected chi connectivity index (χ3v) is 2.19. The van der Waals surface area contributed by atoms with Crippen molar-refractivity contribution in [3.63, 3.8) is 0 Å². The molecule has 0 unspecified atom stereocenters. The lowest BCUT2D eigenvalue weighted by Gasteiger charge is -1.99.